The molecule has 0 heterocycles. The second-order valence-corrected chi connectivity index (χ2v) is 30.8. The maximum atomic E-state index is 3.67. The lowest BCUT2D eigenvalue weighted by molar-refractivity contribution is 1.19. The van der Waals surface area contributed by atoms with Crippen LogP contribution in [-0.4, -0.2) is 0 Å². The first-order valence-electron chi connectivity index (χ1n) is 36.4. The predicted octanol–water partition coefficient (Wildman–Crippen LogP) is 30.8. The average molecular weight is 1590 g/mol. The van der Waals surface area contributed by atoms with Gasteiger partial charge in [0.05, 0.1) is 17.1 Å². The molecule has 0 saturated carbocycles. The Morgan fingerprint density at radius 2 is 0.327 bits per heavy atom. The Labute approximate surface area is 660 Å². The Bertz CT molecular complexity index is 4720. The molecule has 107 heavy (non-hydrogen) atoms. The third-order valence-electron chi connectivity index (χ3n) is 19.5. The number of nitrogens with one attached hydrogen (secondary N) is 1. The van der Waals surface area contributed by atoms with Crippen LogP contribution >= 0.6 is 47.8 Å². The van der Waals surface area contributed by atoms with Crippen molar-refractivity contribution in [1.82, 2.24) is 0 Å². The zero-order valence-electron chi connectivity index (χ0n) is 63.7. The first-order chi connectivity index (χ1) is 51.5. The van der Waals surface area contributed by atoms with Crippen LogP contribution in [-0.2, 0) is 0 Å². The van der Waals surface area contributed by atoms with Gasteiger partial charge in [-0.15, -0.1) is 0 Å². The summed E-state index contributed by atoms with van der Waals surface area (Å²) in [6, 6.07) is 110. The molecule has 0 spiro atoms. The molecule has 0 radical (unpaired) electrons. The molecule has 9 heteroatoms. The van der Waals surface area contributed by atoms with Crippen molar-refractivity contribution in [3.63, 3.8) is 0 Å². The van der Waals surface area contributed by atoms with Gasteiger partial charge in [-0.1, -0.05) is 226 Å². The molecular formula is C98H93Br3N6. The monoisotopic (exact) mass is 1590 g/mol. The van der Waals surface area contributed by atoms with Gasteiger partial charge >= 0.3 is 0 Å². The van der Waals surface area contributed by atoms with Gasteiger partial charge in [-0.05, 0) is 300 Å². The first kappa shape index (κ1) is 76.0. The van der Waals surface area contributed by atoms with Crippen LogP contribution in [0.15, 0.2) is 317 Å². The summed E-state index contributed by atoms with van der Waals surface area (Å²) in [4.78, 5) is 11.9. The lowest BCUT2D eigenvalue weighted by Crippen LogP contribution is -2.17. The van der Waals surface area contributed by atoms with E-state index in [9.17, 15) is 0 Å². The Kier molecular flexibility index (Phi) is 24.3. The molecule has 0 bridgehead atoms. The first-order valence-corrected chi connectivity index (χ1v) is 38.8. The molecule has 0 aliphatic heterocycles. The highest BCUT2D eigenvalue weighted by atomic mass is 79.9. The maximum Gasteiger partial charge on any atom is 0.0511 e. The SMILES string of the molecule is Cc1ccc(N(c2ccc(C)c(Br)c2)c2ccc(C)c(Br)c2)cc1Br.Cc1ccc(N(c2ccc(C)cc2)c2cc(N(c3ccc(C)c(N(c4ccc(C)cc4)c4ccc(C)cc4)c3)c3ccc(C)c(N(c4ccc(C)cc4)c4ccc(C)cc4)c3)ccc2C)cc1.Cc1ccc(Nc2ccc(C)cc2)cc1. The summed E-state index contributed by atoms with van der Waals surface area (Å²) in [6.45, 7) is 30.0. The minimum absolute atomic E-state index is 1.05. The average Bonchev–Trinajstić information content (AvgIpc) is 0.769. The second kappa shape index (κ2) is 34.3. The summed E-state index contributed by atoms with van der Waals surface area (Å²) >= 11 is 11.0. The van der Waals surface area contributed by atoms with Crippen LogP contribution in [0.1, 0.15) is 77.9 Å². The van der Waals surface area contributed by atoms with Crippen molar-refractivity contribution < 1.29 is 0 Å². The van der Waals surface area contributed by atoms with Crippen LogP contribution in [0.4, 0.5) is 96.7 Å². The van der Waals surface area contributed by atoms with E-state index in [-0.39, 0.29) is 0 Å². The van der Waals surface area contributed by atoms with E-state index in [0.29, 0.717) is 0 Å². The molecule has 14 aromatic carbocycles. The van der Waals surface area contributed by atoms with Gasteiger partial charge in [0.25, 0.3) is 0 Å². The molecule has 14 rings (SSSR count). The third kappa shape index (κ3) is 18.6. The summed E-state index contributed by atoms with van der Waals surface area (Å²) in [7, 11) is 0. The van der Waals surface area contributed by atoms with Crippen LogP contribution in [0.25, 0.3) is 0 Å². The summed E-state index contributed by atoms with van der Waals surface area (Å²) in [5, 5.41) is 3.36. The molecule has 0 unspecified atom stereocenters. The zero-order chi connectivity index (χ0) is 75.6. The smallest absolute Gasteiger partial charge is 0.0511 e. The fraction of sp³-hybridized carbons (Fsp3) is 0.143. The molecule has 6 nitrogen and oxygen atoms in total. The highest BCUT2D eigenvalue weighted by Gasteiger charge is 2.25. The number of hydrogen-bond acceptors (Lipinski definition) is 6. The molecular weight excluding hydrogens is 1500 g/mol. The molecule has 0 fully saturated rings. The van der Waals surface area contributed by atoms with Crippen molar-refractivity contribution in [1.29, 1.82) is 0 Å². The Morgan fingerprint density at radius 1 is 0.168 bits per heavy atom. The van der Waals surface area contributed by atoms with Crippen LogP contribution in [0.5, 0.6) is 0 Å². The Balaban J connectivity index is 0.000000216. The van der Waals surface area contributed by atoms with Gasteiger partial charge in [-0.3, -0.25) is 0 Å². The van der Waals surface area contributed by atoms with Crippen LogP contribution in [0.2, 0.25) is 0 Å². The number of benzene rings is 14. The van der Waals surface area contributed by atoms with Crippen molar-refractivity contribution >= 4 is 144 Å². The fourth-order valence-electron chi connectivity index (χ4n) is 12.9. The number of anilines is 17. The largest absolute Gasteiger partial charge is 0.356 e. The maximum absolute atomic E-state index is 3.67. The second-order valence-electron chi connectivity index (χ2n) is 28.3. The molecule has 14 aromatic rings. The van der Waals surface area contributed by atoms with Crippen molar-refractivity contribution in [3.05, 3.63) is 395 Å². The standard InChI is InChI=1S/C63H60N4.C21H18Br3N.C14H15N/c1-43-10-25-52(26-11-43)65(53-27-12-44(2)13-28-53)61-40-58(37-22-49(61)7)64(59-38-23-50(8)62(41-59)66(54-29-14-45(3)15-30-54)55-31-16-46(4)17-32-55)60-39-24-51(9)63(42-60)67(56-33-18-47(5)19-34-56)57-35-20-48(6)21-36-57;1-13-4-7-16(10-19(13)22)25(17-8-5-14(2)20(23)11-17)18-9-6-15(3)21(24)12-18;1-11-3-7-13(8-4-11)15-14-9-5-12(2)6-10-14/h10-42H,1-9H3;4-12H,1-3H3;3-10,15H,1-2H3. The molecule has 0 amide bonds. The highest BCUT2D eigenvalue weighted by molar-refractivity contribution is 9.11. The van der Waals surface area contributed by atoms with E-state index in [1.165, 1.54) is 77.9 Å². The van der Waals surface area contributed by atoms with Gasteiger partial charge < -0.3 is 29.8 Å². The number of hydrogen-bond donors (Lipinski definition) is 1. The number of aryl methyl sites for hydroxylation is 14. The van der Waals surface area contributed by atoms with Crippen LogP contribution in [0.3, 0.4) is 0 Å². The zero-order valence-corrected chi connectivity index (χ0v) is 68.5. The van der Waals surface area contributed by atoms with Crippen LogP contribution < -0.4 is 29.8 Å². The summed E-state index contributed by atoms with van der Waals surface area (Å²) in [5.41, 5.74) is 35.8. The lowest BCUT2D eigenvalue weighted by atomic mass is 10.0. The number of rotatable bonds is 17. The normalized spacial score (nSPS) is 10.9. The molecule has 0 aliphatic carbocycles. The summed E-state index contributed by atoms with van der Waals surface area (Å²) in [5.74, 6) is 0. The van der Waals surface area contributed by atoms with E-state index in [4.69, 9.17) is 0 Å². The van der Waals surface area contributed by atoms with E-state index in [1.54, 1.807) is 0 Å². The van der Waals surface area contributed by atoms with Gasteiger partial charge in [0.2, 0.25) is 0 Å². The van der Waals surface area contributed by atoms with E-state index in [2.05, 4.69) is 478 Å². The molecule has 0 aromatic heterocycles. The molecule has 0 atom stereocenters. The third-order valence-corrected chi connectivity index (χ3v) is 22.0. The minimum atomic E-state index is 1.05. The van der Waals surface area contributed by atoms with E-state index < -0.39 is 0 Å². The molecule has 0 saturated heterocycles. The summed E-state index contributed by atoms with van der Waals surface area (Å²) in [6.07, 6.45) is 0. The molecule has 536 valence electrons. The van der Waals surface area contributed by atoms with Crippen molar-refractivity contribution in [2.24, 2.45) is 0 Å². The van der Waals surface area contributed by atoms with E-state index >= 15 is 0 Å². The van der Waals surface area contributed by atoms with Gasteiger partial charge in [-0.2, -0.15) is 0 Å². The molecule has 0 aliphatic rings. The van der Waals surface area contributed by atoms with Crippen molar-refractivity contribution in [3.8, 4) is 0 Å². The van der Waals surface area contributed by atoms with Crippen LogP contribution in [0, 0.1) is 96.9 Å². The van der Waals surface area contributed by atoms with Gasteiger partial charge in [0.15, 0.2) is 0 Å². The van der Waals surface area contributed by atoms with Crippen molar-refractivity contribution in [2.75, 3.05) is 29.8 Å². The minimum Gasteiger partial charge on any atom is -0.356 e. The van der Waals surface area contributed by atoms with Gasteiger partial charge in [0, 0.05) is 93.0 Å². The van der Waals surface area contributed by atoms with E-state index in [1.807, 2.05) is 0 Å². The van der Waals surface area contributed by atoms with Crippen molar-refractivity contribution in [2.45, 2.75) is 96.9 Å². The van der Waals surface area contributed by atoms with Gasteiger partial charge in [-0.25, -0.2) is 0 Å². The number of nitrogens with zero attached hydrogens (tertiary/aromatic N) is 5. The number of halogens is 3. The topological polar surface area (TPSA) is 28.2 Å². The fourth-order valence-corrected chi connectivity index (χ4v) is 14.0. The van der Waals surface area contributed by atoms with Gasteiger partial charge in [0.1, 0.15) is 0 Å². The molecule has 1 N–H and O–H groups in total. The highest BCUT2D eigenvalue weighted by Crippen LogP contribution is 2.48. The quantitative estimate of drug-likeness (QED) is 0.0977. The summed E-state index contributed by atoms with van der Waals surface area (Å²) < 4.78 is 3.31. The lowest BCUT2D eigenvalue weighted by Gasteiger charge is -2.33. The van der Waals surface area contributed by atoms with E-state index in [0.717, 1.165) is 110 Å². The Morgan fingerprint density at radius 3 is 0.514 bits per heavy atom. The Hall–Kier alpha value is -10.7. The predicted molar refractivity (Wildman–Crippen MR) is 472 cm³/mol.